The quantitative estimate of drug-likeness (QED) is 0.363. The molecule has 3 aliphatic rings. The van der Waals surface area contributed by atoms with Gasteiger partial charge in [-0.25, -0.2) is 0 Å². The number of hydrogen-bond donors (Lipinski definition) is 1. The molecule has 5 unspecified atom stereocenters. The number of hydrogen-bond acceptors (Lipinski definition) is 5. The van der Waals surface area contributed by atoms with Crippen LogP contribution < -0.4 is 5.32 Å². The van der Waals surface area contributed by atoms with Gasteiger partial charge in [0.1, 0.15) is 6.04 Å². The van der Waals surface area contributed by atoms with E-state index in [1.165, 1.54) is 18.2 Å². The average molecular weight is 383 g/mol. The van der Waals surface area contributed by atoms with Crippen molar-refractivity contribution in [3.63, 3.8) is 0 Å². The van der Waals surface area contributed by atoms with Crippen LogP contribution in [0.5, 0.6) is 0 Å². The maximum atomic E-state index is 12.9. The van der Waals surface area contributed by atoms with E-state index in [0.29, 0.717) is 17.7 Å². The third kappa shape index (κ3) is 2.63. The van der Waals surface area contributed by atoms with Gasteiger partial charge in [0.05, 0.1) is 16.8 Å². The minimum absolute atomic E-state index is 0.0664. The number of fused-ring (bicyclic) bond motifs is 5. The van der Waals surface area contributed by atoms with Gasteiger partial charge in [0, 0.05) is 17.8 Å². The summed E-state index contributed by atoms with van der Waals surface area (Å²) < 4.78 is 0. The van der Waals surface area contributed by atoms with Gasteiger partial charge in [0.2, 0.25) is 17.7 Å². The zero-order valence-electron chi connectivity index (χ0n) is 15.6. The molecule has 146 valence electrons. The lowest BCUT2D eigenvalue weighted by molar-refractivity contribution is -0.384. The molecule has 5 atom stereocenters. The third-order valence-corrected chi connectivity index (χ3v) is 6.18. The van der Waals surface area contributed by atoms with Crippen molar-refractivity contribution in [1.29, 1.82) is 0 Å². The summed E-state index contributed by atoms with van der Waals surface area (Å²) >= 11 is 0. The third-order valence-electron chi connectivity index (χ3n) is 6.18. The Morgan fingerprint density at radius 1 is 1.25 bits per heavy atom. The number of allylic oxidation sites excluding steroid dienone is 2. The number of rotatable bonds is 5. The summed E-state index contributed by atoms with van der Waals surface area (Å²) in [6.45, 7) is 3.41. The fraction of sp³-hybridized carbons (Fsp3) is 0.450. The van der Waals surface area contributed by atoms with Crippen LogP contribution in [0.15, 0.2) is 30.4 Å². The molecular formula is C20H21N3O5. The number of aryl methyl sites for hydroxylation is 1. The zero-order valence-corrected chi connectivity index (χ0v) is 15.6. The summed E-state index contributed by atoms with van der Waals surface area (Å²) in [6.07, 6.45) is 5.17. The summed E-state index contributed by atoms with van der Waals surface area (Å²) in [5, 5.41) is 13.6. The number of amides is 3. The van der Waals surface area contributed by atoms with Crippen molar-refractivity contribution >= 4 is 29.1 Å². The molecule has 4 rings (SSSR count). The van der Waals surface area contributed by atoms with Gasteiger partial charge in [-0.1, -0.05) is 19.1 Å². The molecule has 1 saturated heterocycles. The second-order valence-corrected chi connectivity index (χ2v) is 7.72. The van der Waals surface area contributed by atoms with Crippen LogP contribution in [0.4, 0.5) is 11.4 Å². The number of benzene rings is 1. The van der Waals surface area contributed by atoms with E-state index in [-0.39, 0.29) is 41.2 Å². The molecule has 8 nitrogen and oxygen atoms in total. The SMILES string of the molecule is CCC(C(=O)Nc1ccc([N+](=O)[O-])cc1C)N1C(=O)C2C3C=CC(C3)C2C1=O. The normalized spacial score (nSPS) is 28.6. The number of nitro benzene ring substituents is 1. The molecule has 1 aromatic rings. The van der Waals surface area contributed by atoms with Crippen LogP contribution in [0.1, 0.15) is 25.3 Å². The smallest absolute Gasteiger partial charge is 0.269 e. The number of carbonyl (C=O) groups excluding carboxylic acids is 3. The van der Waals surface area contributed by atoms with Crippen LogP contribution in [0, 0.1) is 40.7 Å². The van der Waals surface area contributed by atoms with Crippen molar-refractivity contribution in [3.8, 4) is 0 Å². The van der Waals surface area contributed by atoms with E-state index < -0.39 is 16.9 Å². The highest BCUT2D eigenvalue weighted by molar-refractivity contribution is 6.10. The number of non-ortho nitro benzene ring substituents is 1. The highest BCUT2D eigenvalue weighted by atomic mass is 16.6. The molecule has 2 fully saturated rings. The summed E-state index contributed by atoms with van der Waals surface area (Å²) in [6, 6.07) is 3.25. The van der Waals surface area contributed by atoms with E-state index in [2.05, 4.69) is 5.32 Å². The van der Waals surface area contributed by atoms with Gasteiger partial charge in [-0.3, -0.25) is 29.4 Å². The number of imide groups is 1. The predicted octanol–water partition coefficient (Wildman–Crippen LogP) is 2.43. The molecule has 1 aromatic carbocycles. The molecule has 0 aromatic heterocycles. The second-order valence-electron chi connectivity index (χ2n) is 7.72. The largest absolute Gasteiger partial charge is 0.324 e. The Morgan fingerprint density at radius 2 is 1.86 bits per heavy atom. The molecule has 0 radical (unpaired) electrons. The first kappa shape index (κ1) is 18.3. The first-order valence-electron chi connectivity index (χ1n) is 9.44. The standard InChI is InChI=1S/C20H21N3O5/c1-3-15(18(24)21-14-7-6-13(23(27)28)8-10(14)2)22-19(25)16-11-4-5-12(9-11)17(16)20(22)26/h4-8,11-12,15-17H,3,9H2,1-2H3,(H,21,24). The van der Waals surface area contributed by atoms with Crippen LogP contribution in [-0.2, 0) is 14.4 Å². The first-order chi connectivity index (χ1) is 13.3. The van der Waals surface area contributed by atoms with Crippen LogP contribution in [0.2, 0.25) is 0 Å². The Morgan fingerprint density at radius 3 is 2.36 bits per heavy atom. The Balaban J connectivity index is 1.55. The monoisotopic (exact) mass is 383 g/mol. The number of anilines is 1. The molecule has 8 heteroatoms. The van der Waals surface area contributed by atoms with E-state index in [0.717, 1.165) is 11.3 Å². The molecule has 28 heavy (non-hydrogen) atoms. The highest BCUT2D eigenvalue weighted by Crippen LogP contribution is 2.53. The van der Waals surface area contributed by atoms with E-state index >= 15 is 0 Å². The van der Waals surface area contributed by atoms with Crippen LogP contribution >= 0.6 is 0 Å². The van der Waals surface area contributed by atoms with Crippen LogP contribution in [0.3, 0.4) is 0 Å². The van der Waals surface area contributed by atoms with Gasteiger partial charge >= 0.3 is 0 Å². The van der Waals surface area contributed by atoms with E-state index in [1.54, 1.807) is 13.8 Å². The predicted molar refractivity (Wildman–Crippen MR) is 100 cm³/mol. The minimum atomic E-state index is -0.889. The summed E-state index contributed by atoms with van der Waals surface area (Å²) in [5.41, 5.74) is 0.897. The van der Waals surface area contributed by atoms with E-state index in [1.807, 2.05) is 12.2 Å². The summed E-state index contributed by atoms with van der Waals surface area (Å²) in [7, 11) is 0. The molecule has 1 N–H and O–H groups in total. The maximum absolute atomic E-state index is 12.9. The van der Waals surface area contributed by atoms with Crippen molar-refractivity contribution in [2.45, 2.75) is 32.7 Å². The highest BCUT2D eigenvalue weighted by Gasteiger charge is 2.60. The fourth-order valence-electron chi connectivity index (χ4n) is 4.84. The van der Waals surface area contributed by atoms with Crippen LogP contribution in [-0.4, -0.2) is 33.6 Å². The fourth-order valence-corrected chi connectivity index (χ4v) is 4.84. The lowest BCUT2D eigenvalue weighted by Gasteiger charge is -2.26. The number of likely N-dealkylation sites (tertiary alicyclic amines) is 1. The first-order valence-corrected chi connectivity index (χ1v) is 9.44. The van der Waals surface area contributed by atoms with Gasteiger partial charge in [0.15, 0.2) is 0 Å². The zero-order chi connectivity index (χ0) is 20.2. The number of nitrogens with zero attached hydrogens (tertiary/aromatic N) is 2. The molecule has 2 bridgehead atoms. The molecule has 1 aliphatic heterocycles. The number of nitro groups is 1. The van der Waals surface area contributed by atoms with Crippen molar-refractivity contribution in [2.75, 3.05) is 5.32 Å². The number of nitrogens with one attached hydrogen (secondary N) is 1. The summed E-state index contributed by atoms with van der Waals surface area (Å²) in [4.78, 5) is 50.3. The molecular weight excluding hydrogens is 362 g/mol. The Kier molecular flexibility index (Phi) is 4.28. The molecule has 0 spiro atoms. The lowest BCUT2D eigenvalue weighted by atomic mass is 9.85. The van der Waals surface area contributed by atoms with Crippen molar-refractivity contribution in [3.05, 3.63) is 46.0 Å². The van der Waals surface area contributed by atoms with Crippen LogP contribution in [0.25, 0.3) is 0 Å². The molecule has 1 saturated carbocycles. The molecule has 2 aliphatic carbocycles. The van der Waals surface area contributed by atoms with Crippen molar-refractivity contribution < 1.29 is 19.3 Å². The average Bonchev–Trinajstić information content (AvgIpc) is 3.33. The van der Waals surface area contributed by atoms with Crippen molar-refractivity contribution in [1.82, 2.24) is 4.90 Å². The molecule has 3 amide bonds. The van der Waals surface area contributed by atoms with Gasteiger partial charge in [-0.05, 0) is 43.2 Å². The van der Waals surface area contributed by atoms with E-state index in [9.17, 15) is 24.5 Å². The topological polar surface area (TPSA) is 110 Å². The van der Waals surface area contributed by atoms with Crippen molar-refractivity contribution in [2.24, 2.45) is 23.7 Å². The Hall–Kier alpha value is -3.03. The maximum Gasteiger partial charge on any atom is 0.269 e. The second kappa shape index (κ2) is 6.54. The van der Waals surface area contributed by atoms with E-state index in [4.69, 9.17) is 0 Å². The van der Waals surface area contributed by atoms with Gasteiger partial charge in [-0.2, -0.15) is 0 Å². The Bertz CT molecular complexity index is 894. The van der Waals surface area contributed by atoms with Gasteiger partial charge in [0.25, 0.3) is 5.69 Å². The lowest BCUT2D eigenvalue weighted by Crippen LogP contribution is -2.48. The van der Waals surface area contributed by atoms with Gasteiger partial charge < -0.3 is 5.32 Å². The minimum Gasteiger partial charge on any atom is -0.324 e. The number of carbonyl (C=O) groups is 3. The molecule has 1 heterocycles. The van der Waals surface area contributed by atoms with Gasteiger partial charge in [-0.15, -0.1) is 0 Å². The Labute approximate surface area is 161 Å². The summed E-state index contributed by atoms with van der Waals surface area (Å²) in [5.74, 6) is -1.47.